The molecule has 2 N–H and O–H groups in total. The molecule has 1 amide bonds. The molecule has 0 aromatic heterocycles. The van der Waals surface area contributed by atoms with Crippen LogP contribution in [0.15, 0.2) is 6.07 Å². The van der Waals surface area contributed by atoms with Crippen LogP contribution in [0.2, 0.25) is 0 Å². The standard InChI is InChI=1S/C11H13FN2O3/c1-3-6-5-8(11(13)15)7(4-2)10(9(6)12)14(16)17/h5H,3-4H2,1-2H3,(H2,13,15). The topological polar surface area (TPSA) is 86.2 Å². The first-order valence-corrected chi connectivity index (χ1v) is 5.22. The predicted octanol–water partition coefficient (Wildman–Crippen LogP) is 1.96. The molecule has 92 valence electrons. The molecule has 1 aromatic rings. The van der Waals surface area contributed by atoms with Crippen LogP contribution in [0.4, 0.5) is 10.1 Å². The van der Waals surface area contributed by atoms with E-state index in [1.54, 1.807) is 13.8 Å². The number of aryl methyl sites for hydroxylation is 1. The Morgan fingerprint density at radius 3 is 2.41 bits per heavy atom. The molecule has 0 saturated heterocycles. The average molecular weight is 240 g/mol. The molecule has 0 saturated carbocycles. The van der Waals surface area contributed by atoms with Gasteiger partial charge in [0, 0.05) is 11.1 Å². The molecule has 0 spiro atoms. The van der Waals surface area contributed by atoms with Crippen molar-refractivity contribution >= 4 is 11.6 Å². The molecule has 0 aliphatic heterocycles. The number of rotatable bonds is 4. The maximum absolute atomic E-state index is 13.8. The van der Waals surface area contributed by atoms with E-state index in [4.69, 9.17) is 5.73 Å². The average Bonchev–Trinajstić information content (AvgIpc) is 2.27. The highest BCUT2D eigenvalue weighted by Gasteiger charge is 2.27. The normalized spacial score (nSPS) is 10.3. The quantitative estimate of drug-likeness (QED) is 0.644. The third-order valence-electron chi connectivity index (χ3n) is 2.60. The van der Waals surface area contributed by atoms with Gasteiger partial charge >= 0.3 is 5.69 Å². The van der Waals surface area contributed by atoms with Crippen LogP contribution in [-0.4, -0.2) is 10.8 Å². The van der Waals surface area contributed by atoms with E-state index < -0.39 is 22.3 Å². The molecule has 0 unspecified atom stereocenters. The number of carbonyl (C=O) groups is 1. The molecule has 0 heterocycles. The number of nitro groups is 1. The molecule has 0 aliphatic carbocycles. The van der Waals surface area contributed by atoms with Crippen molar-refractivity contribution < 1.29 is 14.1 Å². The monoisotopic (exact) mass is 240 g/mol. The molecule has 0 bridgehead atoms. The van der Waals surface area contributed by atoms with Crippen molar-refractivity contribution in [3.63, 3.8) is 0 Å². The molecular weight excluding hydrogens is 227 g/mol. The van der Waals surface area contributed by atoms with Crippen LogP contribution in [0.25, 0.3) is 0 Å². The molecule has 6 heteroatoms. The van der Waals surface area contributed by atoms with Gasteiger partial charge in [-0.1, -0.05) is 13.8 Å². The van der Waals surface area contributed by atoms with E-state index in [0.29, 0.717) is 0 Å². The highest BCUT2D eigenvalue weighted by atomic mass is 19.1. The number of hydrogen-bond donors (Lipinski definition) is 1. The number of nitrogens with two attached hydrogens (primary N) is 1. The molecule has 0 aliphatic rings. The summed E-state index contributed by atoms with van der Waals surface area (Å²) in [5, 5.41) is 10.9. The van der Waals surface area contributed by atoms with Crippen LogP contribution in [0.3, 0.4) is 0 Å². The lowest BCUT2D eigenvalue weighted by Gasteiger charge is -2.09. The minimum atomic E-state index is -0.876. The van der Waals surface area contributed by atoms with Crippen LogP contribution in [0.1, 0.15) is 35.3 Å². The second-order valence-electron chi connectivity index (χ2n) is 3.55. The lowest BCUT2D eigenvalue weighted by molar-refractivity contribution is -0.388. The summed E-state index contributed by atoms with van der Waals surface area (Å²) < 4.78 is 13.8. The molecule has 17 heavy (non-hydrogen) atoms. The predicted molar refractivity (Wildman–Crippen MR) is 60.3 cm³/mol. The van der Waals surface area contributed by atoms with E-state index in [-0.39, 0.29) is 29.5 Å². The summed E-state index contributed by atoms with van der Waals surface area (Å²) in [6, 6.07) is 1.30. The number of halogens is 1. The first-order chi connectivity index (χ1) is 7.93. The largest absolute Gasteiger partial charge is 0.366 e. The van der Waals surface area contributed by atoms with E-state index >= 15 is 0 Å². The second kappa shape index (κ2) is 4.90. The number of benzene rings is 1. The van der Waals surface area contributed by atoms with Crippen LogP contribution in [0.5, 0.6) is 0 Å². The third-order valence-corrected chi connectivity index (χ3v) is 2.60. The van der Waals surface area contributed by atoms with Gasteiger partial charge in [0.05, 0.1) is 4.92 Å². The highest BCUT2D eigenvalue weighted by Crippen LogP contribution is 2.29. The molecule has 1 aromatic carbocycles. The Hall–Kier alpha value is -1.98. The van der Waals surface area contributed by atoms with Gasteiger partial charge in [0.2, 0.25) is 11.7 Å². The van der Waals surface area contributed by atoms with Crippen molar-refractivity contribution in [1.29, 1.82) is 0 Å². The van der Waals surface area contributed by atoms with Gasteiger partial charge < -0.3 is 5.73 Å². The van der Waals surface area contributed by atoms with Gasteiger partial charge in [-0.25, -0.2) is 0 Å². The number of carbonyl (C=O) groups excluding carboxylic acids is 1. The first-order valence-electron chi connectivity index (χ1n) is 5.22. The maximum atomic E-state index is 13.8. The Labute approximate surface area is 97.6 Å². The van der Waals surface area contributed by atoms with Crippen molar-refractivity contribution in [2.24, 2.45) is 5.73 Å². The molecule has 0 fully saturated rings. The fraction of sp³-hybridized carbons (Fsp3) is 0.364. The summed E-state index contributed by atoms with van der Waals surface area (Å²) in [5.41, 5.74) is 4.72. The Morgan fingerprint density at radius 2 is 2.06 bits per heavy atom. The SMILES string of the molecule is CCc1cc(C(N)=O)c(CC)c([N+](=O)[O-])c1F. The van der Waals surface area contributed by atoms with Crippen LogP contribution in [-0.2, 0) is 12.8 Å². The van der Waals surface area contributed by atoms with Gasteiger partial charge in [-0.3, -0.25) is 14.9 Å². The van der Waals surface area contributed by atoms with Crippen LogP contribution in [0, 0.1) is 15.9 Å². The summed E-state index contributed by atoms with van der Waals surface area (Å²) in [4.78, 5) is 21.3. The van der Waals surface area contributed by atoms with Crippen molar-refractivity contribution in [2.45, 2.75) is 26.7 Å². The fourth-order valence-electron chi connectivity index (χ4n) is 1.76. The summed E-state index contributed by atoms with van der Waals surface area (Å²) in [5.74, 6) is -1.65. The van der Waals surface area contributed by atoms with Gasteiger partial charge in [-0.05, 0) is 24.5 Å². The molecular formula is C11H13FN2O3. The summed E-state index contributed by atoms with van der Waals surface area (Å²) >= 11 is 0. The van der Waals surface area contributed by atoms with Crippen molar-refractivity contribution in [1.82, 2.24) is 0 Å². The first kappa shape index (κ1) is 13.1. The van der Waals surface area contributed by atoms with E-state index in [2.05, 4.69) is 0 Å². The number of primary amides is 1. The molecule has 0 atom stereocenters. The fourth-order valence-corrected chi connectivity index (χ4v) is 1.76. The van der Waals surface area contributed by atoms with E-state index in [1.807, 2.05) is 0 Å². The zero-order valence-corrected chi connectivity index (χ0v) is 9.62. The minimum Gasteiger partial charge on any atom is -0.366 e. The Morgan fingerprint density at radius 1 is 1.47 bits per heavy atom. The summed E-state index contributed by atoms with van der Waals surface area (Å²) in [6.45, 7) is 3.26. The van der Waals surface area contributed by atoms with Gasteiger partial charge in [0.25, 0.3) is 0 Å². The van der Waals surface area contributed by atoms with Gasteiger partial charge in [0.1, 0.15) is 0 Å². The molecule has 1 rings (SSSR count). The van der Waals surface area contributed by atoms with Gasteiger partial charge in [0.15, 0.2) is 0 Å². The third kappa shape index (κ3) is 2.25. The zero-order chi connectivity index (χ0) is 13.2. The number of nitrogens with zero attached hydrogens (tertiary/aromatic N) is 1. The summed E-state index contributed by atoms with van der Waals surface area (Å²) in [7, 11) is 0. The summed E-state index contributed by atoms with van der Waals surface area (Å²) in [6.07, 6.45) is 0.437. The van der Waals surface area contributed by atoms with Gasteiger partial charge in [-0.15, -0.1) is 0 Å². The highest BCUT2D eigenvalue weighted by molar-refractivity contribution is 5.95. The van der Waals surface area contributed by atoms with E-state index in [1.165, 1.54) is 6.07 Å². The van der Waals surface area contributed by atoms with Crippen molar-refractivity contribution in [3.05, 3.63) is 38.7 Å². The number of hydrogen-bond acceptors (Lipinski definition) is 3. The Balaban J connectivity index is 3.70. The van der Waals surface area contributed by atoms with Crippen molar-refractivity contribution in [2.75, 3.05) is 0 Å². The maximum Gasteiger partial charge on any atom is 0.309 e. The smallest absolute Gasteiger partial charge is 0.309 e. The van der Waals surface area contributed by atoms with Crippen molar-refractivity contribution in [3.8, 4) is 0 Å². The lowest BCUT2D eigenvalue weighted by atomic mass is 9.97. The zero-order valence-electron chi connectivity index (χ0n) is 9.62. The van der Waals surface area contributed by atoms with Crippen LogP contribution >= 0.6 is 0 Å². The number of amides is 1. The Kier molecular flexibility index (Phi) is 3.77. The van der Waals surface area contributed by atoms with E-state index in [0.717, 1.165) is 0 Å². The molecule has 0 radical (unpaired) electrons. The van der Waals surface area contributed by atoms with Crippen LogP contribution < -0.4 is 5.73 Å². The Bertz CT molecular complexity index is 486. The van der Waals surface area contributed by atoms with E-state index in [9.17, 15) is 19.3 Å². The lowest BCUT2D eigenvalue weighted by Crippen LogP contribution is -2.16. The minimum absolute atomic E-state index is 0.0254. The number of nitro benzene ring substituents is 1. The van der Waals surface area contributed by atoms with Gasteiger partial charge in [-0.2, -0.15) is 4.39 Å². The molecule has 5 nitrogen and oxygen atoms in total. The second-order valence-corrected chi connectivity index (χ2v) is 3.55.